The minimum Gasteiger partial charge on any atom is -0.457 e. The Bertz CT molecular complexity index is 4380. The van der Waals surface area contributed by atoms with Crippen molar-refractivity contribution in [3.8, 4) is 28.4 Å². The van der Waals surface area contributed by atoms with Crippen molar-refractivity contribution in [2.24, 2.45) is 0 Å². The first-order chi connectivity index (χ1) is 39.5. The molecule has 13 rings (SSSR count). The van der Waals surface area contributed by atoms with E-state index in [0.717, 1.165) is 67.4 Å². The lowest BCUT2D eigenvalue weighted by Gasteiger charge is -2.34. The van der Waals surface area contributed by atoms with Gasteiger partial charge in [-0.05, 0) is 122 Å². The van der Waals surface area contributed by atoms with E-state index < -0.39 is 8.07 Å². The molecule has 0 saturated carbocycles. The van der Waals surface area contributed by atoms with Crippen LogP contribution in [0.5, 0.6) is 11.5 Å². The monoisotopic (exact) mass is 1080 g/mol. The van der Waals surface area contributed by atoms with E-state index in [0.29, 0.717) is 0 Å². The SMILES string of the molecule is CC(C)(C)c1cc([N+]2=C=[N+](c3cccc(Oc4ccc5c6cc([Si](c7ccccc7)(c7ccccc7)c7ccccc7)ccc6n(-c6cc(C(C)(C)C)ccn6)c5c4)c3)c3cccc(-c4cccc5ccccc45)c32)cc(C(C)(C)C)c1. The Labute approximate surface area is 483 Å². The predicted octanol–water partition coefficient (Wildman–Crippen LogP) is 16.9. The van der Waals surface area contributed by atoms with Crippen LogP contribution in [-0.4, -0.2) is 23.6 Å². The van der Waals surface area contributed by atoms with Gasteiger partial charge in [-0.1, -0.05) is 226 Å². The van der Waals surface area contributed by atoms with Crippen LogP contribution in [0.2, 0.25) is 0 Å². The lowest BCUT2D eigenvalue weighted by molar-refractivity contribution is 0.483. The first-order valence-corrected chi connectivity index (χ1v) is 30.7. The number of para-hydroxylation sites is 1. The van der Waals surface area contributed by atoms with Crippen LogP contribution in [-0.2, 0) is 16.2 Å². The van der Waals surface area contributed by atoms with Crippen molar-refractivity contribution in [1.82, 2.24) is 18.7 Å². The zero-order chi connectivity index (χ0) is 56.5. The molecule has 0 fully saturated rings. The number of fused-ring (bicyclic) bond motifs is 5. The molecule has 0 spiro atoms. The molecule has 5 nitrogen and oxygen atoms in total. The van der Waals surface area contributed by atoms with E-state index in [1.807, 2.05) is 6.20 Å². The Balaban J connectivity index is 0.978. The molecule has 0 amide bonds. The van der Waals surface area contributed by atoms with Crippen molar-refractivity contribution in [2.75, 3.05) is 0 Å². The van der Waals surface area contributed by atoms with Crippen LogP contribution in [0.15, 0.2) is 249 Å². The van der Waals surface area contributed by atoms with E-state index >= 15 is 0 Å². The molecule has 10 aromatic carbocycles. The molecule has 0 N–H and O–H groups in total. The summed E-state index contributed by atoms with van der Waals surface area (Å²) in [6.07, 6.45) is 1.95. The van der Waals surface area contributed by atoms with Gasteiger partial charge in [-0.3, -0.25) is 4.57 Å². The van der Waals surface area contributed by atoms with Gasteiger partial charge in [0.25, 0.3) is 5.69 Å². The van der Waals surface area contributed by atoms with Crippen molar-refractivity contribution < 1.29 is 4.74 Å². The maximum absolute atomic E-state index is 7.06. The molecule has 12 aromatic rings. The summed E-state index contributed by atoms with van der Waals surface area (Å²) in [5.74, 6) is 2.31. The molecule has 3 heterocycles. The van der Waals surface area contributed by atoms with Gasteiger partial charge in [0.2, 0.25) is 11.4 Å². The molecule has 1 aliphatic rings. The summed E-state index contributed by atoms with van der Waals surface area (Å²) in [7, 11) is -2.85. The van der Waals surface area contributed by atoms with Gasteiger partial charge in [0.05, 0.1) is 22.7 Å². The van der Waals surface area contributed by atoms with E-state index in [2.05, 4.69) is 325 Å². The third-order valence-corrected chi connectivity index (χ3v) is 21.4. The highest BCUT2D eigenvalue weighted by atomic mass is 28.3. The van der Waals surface area contributed by atoms with Crippen molar-refractivity contribution >= 4 is 90.2 Å². The van der Waals surface area contributed by atoms with Gasteiger partial charge in [-0.15, -0.1) is 0 Å². The Morgan fingerprint density at radius 2 is 0.988 bits per heavy atom. The number of pyridine rings is 1. The average molecular weight is 1080 g/mol. The number of nitrogens with zero attached hydrogens (tertiary/aromatic N) is 4. The number of aromatic nitrogens is 2. The van der Waals surface area contributed by atoms with Crippen LogP contribution in [0, 0.1) is 0 Å². The highest BCUT2D eigenvalue weighted by Gasteiger charge is 2.43. The van der Waals surface area contributed by atoms with Gasteiger partial charge in [-0.2, -0.15) is 0 Å². The minimum atomic E-state index is -2.85. The van der Waals surface area contributed by atoms with Crippen LogP contribution in [0.3, 0.4) is 0 Å². The smallest absolute Gasteiger partial charge is 0.457 e. The number of hydrogen-bond donors (Lipinski definition) is 0. The highest BCUT2D eigenvalue weighted by molar-refractivity contribution is 7.20. The fourth-order valence-corrected chi connectivity index (χ4v) is 17.0. The number of rotatable bonds is 10. The molecule has 0 aliphatic carbocycles. The molecule has 0 bridgehead atoms. The summed E-state index contributed by atoms with van der Waals surface area (Å²) in [5, 5.41) is 10.0. The van der Waals surface area contributed by atoms with Gasteiger partial charge in [0.1, 0.15) is 17.3 Å². The Hall–Kier alpha value is -9.19. The van der Waals surface area contributed by atoms with Gasteiger partial charge in [0.15, 0.2) is 8.07 Å². The van der Waals surface area contributed by atoms with Crippen LogP contribution in [0.4, 0.5) is 22.7 Å². The fraction of sp³-hybridized carbons (Fsp3) is 0.158. The van der Waals surface area contributed by atoms with E-state index in [4.69, 9.17) is 9.72 Å². The number of ether oxygens (including phenoxy) is 1. The van der Waals surface area contributed by atoms with Crippen LogP contribution in [0.25, 0.3) is 49.5 Å². The summed E-state index contributed by atoms with van der Waals surface area (Å²) in [5.41, 5.74) is 12.1. The first kappa shape index (κ1) is 52.2. The molecule has 0 unspecified atom stereocenters. The molecular weight excluding hydrogens is 1010 g/mol. The molecule has 0 atom stereocenters. The van der Waals surface area contributed by atoms with Crippen molar-refractivity contribution in [3.63, 3.8) is 0 Å². The molecule has 0 radical (unpaired) electrons. The second-order valence-corrected chi connectivity index (χ2v) is 28.9. The average Bonchev–Trinajstić information content (AvgIpc) is 4.15. The maximum Gasteiger partial charge on any atom is 0.503 e. The quantitative estimate of drug-likeness (QED) is 0.0777. The van der Waals surface area contributed by atoms with Gasteiger partial charge >= 0.3 is 11.7 Å². The second-order valence-electron chi connectivity index (χ2n) is 25.1. The summed E-state index contributed by atoms with van der Waals surface area (Å²) in [6, 6.07) is 93.0. The molecule has 82 heavy (non-hydrogen) atoms. The molecule has 1 aliphatic heterocycles. The fourth-order valence-electron chi connectivity index (χ4n) is 12.3. The third kappa shape index (κ3) is 9.19. The topological polar surface area (TPSA) is 33.1 Å². The Morgan fingerprint density at radius 1 is 0.402 bits per heavy atom. The van der Waals surface area contributed by atoms with E-state index in [-0.39, 0.29) is 16.2 Å². The largest absolute Gasteiger partial charge is 0.503 e. The molecule has 2 aromatic heterocycles. The number of benzene rings is 10. The van der Waals surface area contributed by atoms with Gasteiger partial charge < -0.3 is 4.74 Å². The maximum atomic E-state index is 7.06. The van der Waals surface area contributed by atoms with E-state index in [9.17, 15) is 0 Å². The van der Waals surface area contributed by atoms with Crippen molar-refractivity contribution in [3.05, 3.63) is 266 Å². The zero-order valence-electron chi connectivity index (χ0n) is 48.4. The first-order valence-electron chi connectivity index (χ1n) is 28.7. The standard InChI is InChI=1S/C76H68N4OSi/c1-74(2,3)53-42-43-77-72(47-53)80-69-41-39-63(82(60-28-13-10-14-29-60,61-30-15-11-16-31-61)62-32-17-12-18-33-62)50-68(69)66-40-38-59(49-71(66)80)81-58-27-22-26-56(48-58)78-51-79(57-45-54(75(4,5)6)44-55(46-57)76(7,8)9)73-67(36-23-37-70(73)78)65-35-21-25-52-24-19-20-34-64(52)65/h10-50H,1-9H3/q+2. The van der Waals surface area contributed by atoms with Gasteiger partial charge in [0, 0.05) is 47.3 Å². The number of hydrogen-bond acceptors (Lipinski definition) is 2. The Morgan fingerprint density at radius 3 is 1.65 bits per heavy atom. The third-order valence-electron chi connectivity index (χ3n) is 16.6. The summed E-state index contributed by atoms with van der Waals surface area (Å²) < 4.78 is 13.9. The Kier molecular flexibility index (Phi) is 12.8. The molecule has 0 saturated heterocycles. The normalized spacial score (nSPS) is 12.9. The van der Waals surface area contributed by atoms with Gasteiger partial charge in [-0.25, -0.2) is 4.98 Å². The second kappa shape index (κ2) is 20.1. The predicted molar refractivity (Wildman–Crippen MR) is 349 cm³/mol. The van der Waals surface area contributed by atoms with E-state index in [1.54, 1.807) is 0 Å². The van der Waals surface area contributed by atoms with Crippen molar-refractivity contribution in [2.45, 2.75) is 78.6 Å². The van der Waals surface area contributed by atoms with E-state index in [1.165, 1.54) is 53.8 Å². The van der Waals surface area contributed by atoms with Crippen molar-refractivity contribution in [1.29, 1.82) is 0 Å². The van der Waals surface area contributed by atoms with Crippen LogP contribution < -0.4 is 34.6 Å². The summed E-state index contributed by atoms with van der Waals surface area (Å²) in [6.45, 7) is 20.6. The molecule has 6 heteroatoms. The lowest BCUT2D eigenvalue weighted by atomic mass is 9.80. The van der Waals surface area contributed by atoms with Crippen LogP contribution in [0.1, 0.15) is 79.0 Å². The summed E-state index contributed by atoms with van der Waals surface area (Å²) in [4.78, 5) is 5.11. The zero-order valence-corrected chi connectivity index (χ0v) is 49.4. The molecular formula is C76H68N4OSi+2. The highest BCUT2D eigenvalue weighted by Crippen LogP contribution is 2.46. The lowest BCUT2D eigenvalue weighted by Crippen LogP contribution is -2.74. The summed E-state index contributed by atoms with van der Waals surface area (Å²) >= 11 is 0. The minimum absolute atomic E-state index is 0.0765. The molecule has 400 valence electrons. The van der Waals surface area contributed by atoms with Crippen LogP contribution >= 0.6 is 0 Å².